The Kier molecular flexibility index (Phi) is 8.82. The first-order chi connectivity index (χ1) is 17.8. The number of benzene rings is 3. The van der Waals surface area contributed by atoms with E-state index < -0.39 is 11.1 Å². The Bertz CT molecular complexity index is 1350. The minimum Gasteiger partial charge on any atom is -0.490 e. The second-order valence-corrected chi connectivity index (χ2v) is 10.0. The molecule has 3 aromatic rings. The third kappa shape index (κ3) is 6.89. The van der Waals surface area contributed by atoms with Crippen molar-refractivity contribution in [2.45, 2.75) is 13.5 Å². The summed E-state index contributed by atoms with van der Waals surface area (Å²) >= 11 is 2.91. The lowest BCUT2D eigenvalue weighted by Crippen LogP contribution is -2.27. The van der Waals surface area contributed by atoms with Crippen LogP contribution in [0, 0.1) is 9.39 Å². The summed E-state index contributed by atoms with van der Waals surface area (Å²) in [6, 6.07) is 18.2. The molecule has 1 aliphatic rings. The molecule has 0 aromatic heterocycles. The van der Waals surface area contributed by atoms with Crippen molar-refractivity contribution in [2.75, 3.05) is 18.5 Å². The van der Waals surface area contributed by atoms with E-state index in [0.717, 1.165) is 16.7 Å². The van der Waals surface area contributed by atoms with E-state index in [2.05, 4.69) is 27.9 Å². The van der Waals surface area contributed by atoms with Crippen LogP contribution in [0.15, 0.2) is 71.6 Å². The van der Waals surface area contributed by atoms with Gasteiger partial charge >= 0.3 is 0 Å². The zero-order valence-electron chi connectivity index (χ0n) is 19.7. The number of imide groups is 1. The van der Waals surface area contributed by atoms with Crippen molar-refractivity contribution in [1.29, 1.82) is 0 Å². The maximum atomic E-state index is 13.2. The Balaban J connectivity index is 1.49. The van der Waals surface area contributed by atoms with Crippen molar-refractivity contribution in [3.05, 3.63) is 92.1 Å². The Morgan fingerprint density at radius 1 is 1.08 bits per heavy atom. The molecule has 1 saturated heterocycles. The average Bonchev–Trinajstić information content (AvgIpc) is 3.13. The number of carbonyl (C=O) groups excluding carboxylic acids is 3. The fraction of sp³-hybridized carbons (Fsp3) is 0.148. The summed E-state index contributed by atoms with van der Waals surface area (Å²) in [5.41, 5.74) is 1.96. The van der Waals surface area contributed by atoms with Gasteiger partial charge in [0.05, 0.1) is 21.6 Å². The smallest absolute Gasteiger partial charge is 0.293 e. The molecule has 0 atom stereocenters. The third-order valence-corrected chi connectivity index (χ3v) is 6.87. The molecular weight excluding hydrogens is 610 g/mol. The van der Waals surface area contributed by atoms with Crippen molar-refractivity contribution < 1.29 is 28.2 Å². The maximum Gasteiger partial charge on any atom is 0.293 e. The lowest BCUT2D eigenvalue weighted by atomic mass is 10.1. The number of nitrogens with one attached hydrogen (secondary N) is 1. The van der Waals surface area contributed by atoms with Crippen molar-refractivity contribution >= 4 is 63.2 Å². The summed E-state index contributed by atoms with van der Waals surface area (Å²) in [6.07, 6.45) is 1.62. The quantitative estimate of drug-likeness (QED) is 0.227. The predicted molar refractivity (Wildman–Crippen MR) is 149 cm³/mol. The van der Waals surface area contributed by atoms with Crippen LogP contribution in [0.2, 0.25) is 0 Å². The SMILES string of the molecule is CCOc1cc(/C=C2\SC(=O)N(Cc3ccc(F)cc3)C2=O)cc(I)c1OCC(=O)Nc1ccccc1. The van der Waals surface area contributed by atoms with Gasteiger partial charge in [-0.25, -0.2) is 4.39 Å². The molecule has 0 saturated carbocycles. The zero-order valence-corrected chi connectivity index (χ0v) is 22.7. The number of ether oxygens (including phenoxy) is 2. The number of thioether (sulfide) groups is 1. The zero-order chi connectivity index (χ0) is 26.4. The molecule has 1 N–H and O–H groups in total. The summed E-state index contributed by atoms with van der Waals surface area (Å²) in [6.45, 7) is 2.03. The Hall–Kier alpha value is -3.38. The van der Waals surface area contributed by atoms with Crippen molar-refractivity contribution in [1.82, 2.24) is 4.90 Å². The van der Waals surface area contributed by atoms with E-state index in [1.807, 2.05) is 25.1 Å². The fourth-order valence-corrected chi connectivity index (χ4v) is 5.11. The normalized spacial score (nSPS) is 14.2. The topological polar surface area (TPSA) is 84.9 Å². The van der Waals surface area contributed by atoms with Crippen LogP contribution >= 0.6 is 34.4 Å². The van der Waals surface area contributed by atoms with Crippen LogP contribution in [0.25, 0.3) is 6.08 Å². The molecule has 1 fully saturated rings. The number of hydrogen-bond donors (Lipinski definition) is 1. The maximum absolute atomic E-state index is 13.2. The van der Waals surface area contributed by atoms with E-state index in [9.17, 15) is 18.8 Å². The number of halogens is 2. The van der Waals surface area contributed by atoms with E-state index in [1.54, 1.807) is 30.3 Å². The van der Waals surface area contributed by atoms with Crippen LogP contribution in [0.4, 0.5) is 14.9 Å². The number of para-hydroxylation sites is 1. The molecule has 0 unspecified atom stereocenters. The number of carbonyl (C=O) groups is 3. The Morgan fingerprint density at radius 3 is 2.51 bits per heavy atom. The van der Waals surface area contributed by atoms with Crippen molar-refractivity contribution in [3.63, 3.8) is 0 Å². The summed E-state index contributed by atoms with van der Waals surface area (Å²) in [5, 5.41) is 2.37. The standard InChI is InChI=1S/C27H22FIN2O5S/c1-2-35-22-13-18(12-21(29)25(22)36-16-24(32)30-20-6-4-3-5-7-20)14-23-26(33)31(27(34)37-23)15-17-8-10-19(28)11-9-17/h3-14H,2,15-16H2,1H3,(H,30,32)/b23-14-. The summed E-state index contributed by atoms with van der Waals surface area (Å²) < 4.78 is 25.4. The second kappa shape index (κ2) is 12.2. The van der Waals surface area contributed by atoms with Crippen LogP contribution in [0.3, 0.4) is 0 Å². The highest BCUT2D eigenvalue weighted by Crippen LogP contribution is 2.38. The molecule has 3 amide bonds. The van der Waals surface area contributed by atoms with Gasteiger partial charge in [0.15, 0.2) is 18.1 Å². The highest BCUT2D eigenvalue weighted by atomic mass is 127. The van der Waals surface area contributed by atoms with Gasteiger partial charge in [0.1, 0.15) is 5.82 Å². The molecule has 0 bridgehead atoms. The van der Waals surface area contributed by atoms with Gasteiger partial charge in [-0.15, -0.1) is 0 Å². The Labute approximate surface area is 231 Å². The van der Waals surface area contributed by atoms with E-state index in [4.69, 9.17) is 9.47 Å². The summed E-state index contributed by atoms with van der Waals surface area (Å²) in [5.74, 6) is -0.304. The number of anilines is 1. The van der Waals surface area contributed by atoms with Crippen molar-refractivity contribution in [2.24, 2.45) is 0 Å². The van der Waals surface area contributed by atoms with Gasteiger partial charge in [-0.3, -0.25) is 19.3 Å². The van der Waals surface area contributed by atoms with Crippen LogP contribution in [0.5, 0.6) is 11.5 Å². The van der Waals surface area contributed by atoms with E-state index in [1.165, 1.54) is 24.3 Å². The molecular formula is C27H22FIN2O5S. The first-order valence-electron chi connectivity index (χ1n) is 11.3. The van der Waals surface area contributed by atoms with Crippen LogP contribution in [-0.4, -0.2) is 35.2 Å². The van der Waals surface area contributed by atoms with Crippen LogP contribution in [0.1, 0.15) is 18.1 Å². The van der Waals surface area contributed by atoms with Gasteiger partial charge in [0.2, 0.25) is 0 Å². The Morgan fingerprint density at radius 2 is 1.81 bits per heavy atom. The highest BCUT2D eigenvalue weighted by Gasteiger charge is 2.35. The average molecular weight is 632 g/mol. The molecule has 1 aliphatic heterocycles. The minimum absolute atomic E-state index is 0.0574. The monoisotopic (exact) mass is 632 g/mol. The fourth-order valence-electron chi connectivity index (χ4n) is 3.49. The number of hydrogen-bond acceptors (Lipinski definition) is 6. The van der Waals surface area contributed by atoms with E-state index in [0.29, 0.717) is 38.5 Å². The number of rotatable bonds is 9. The van der Waals surface area contributed by atoms with Gasteiger partial charge in [-0.05, 0) is 94.9 Å². The molecule has 0 radical (unpaired) electrons. The van der Waals surface area contributed by atoms with Gasteiger partial charge in [-0.2, -0.15) is 0 Å². The molecule has 4 rings (SSSR count). The third-order valence-electron chi connectivity index (χ3n) is 5.16. The molecule has 0 aliphatic carbocycles. The second-order valence-electron chi connectivity index (χ2n) is 7.86. The van der Waals surface area contributed by atoms with Crippen molar-refractivity contribution in [3.8, 4) is 11.5 Å². The number of nitrogens with zero attached hydrogens (tertiary/aromatic N) is 1. The molecule has 0 spiro atoms. The van der Waals surface area contributed by atoms with E-state index >= 15 is 0 Å². The molecule has 10 heteroatoms. The molecule has 1 heterocycles. The van der Waals surface area contributed by atoms with Gasteiger partial charge in [0, 0.05) is 5.69 Å². The van der Waals surface area contributed by atoms with Crippen LogP contribution < -0.4 is 14.8 Å². The summed E-state index contributed by atoms with van der Waals surface area (Å²) in [7, 11) is 0. The van der Waals surface area contributed by atoms with Crippen LogP contribution in [-0.2, 0) is 16.1 Å². The highest BCUT2D eigenvalue weighted by molar-refractivity contribution is 14.1. The first kappa shape index (κ1) is 26.7. The molecule has 7 nitrogen and oxygen atoms in total. The van der Waals surface area contributed by atoms with Gasteiger partial charge in [0.25, 0.3) is 17.1 Å². The lowest BCUT2D eigenvalue weighted by Gasteiger charge is -2.15. The minimum atomic E-state index is -0.426. The number of amides is 3. The lowest BCUT2D eigenvalue weighted by molar-refractivity contribution is -0.123. The van der Waals surface area contributed by atoms with Gasteiger partial charge in [-0.1, -0.05) is 30.3 Å². The predicted octanol–water partition coefficient (Wildman–Crippen LogP) is 6.08. The molecule has 3 aromatic carbocycles. The first-order valence-corrected chi connectivity index (χ1v) is 13.2. The summed E-state index contributed by atoms with van der Waals surface area (Å²) in [4.78, 5) is 39.1. The van der Waals surface area contributed by atoms with Gasteiger partial charge < -0.3 is 14.8 Å². The molecule has 37 heavy (non-hydrogen) atoms. The van der Waals surface area contributed by atoms with E-state index in [-0.39, 0.29) is 29.8 Å². The molecule has 190 valence electrons. The largest absolute Gasteiger partial charge is 0.490 e.